The van der Waals surface area contributed by atoms with E-state index in [1.54, 1.807) is 0 Å². The van der Waals surface area contributed by atoms with Gasteiger partial charge in [0.25, 0.3) is 0 Å². The van der Waals surface area contributed by atoms with Gasteiger partial charge in [-0.2, -0.15) is 4.98 Å². The van der Waals surface area contributed by atoms with E-state index in [1.165, 1.54) is 19.3 Å². The van der Waals surface area contributed by atoms with Gasteiger partial charge in [-0.25, -0.2) is 4.98 Å². The third-order valence-electron chi connectivity index (χ3n) is 4.14. The fraction of sp³-hybridized carbons (Fsp3) is 0.471. The van der Waals surface area contributed by atoms with Crippen LogP contribution in [-0.4, -0.2) is 34.6 Å². The van der Waals surface area contributed by atoms with Crippen molar-refractivity contribution in [3.05, 3.63) is 42.4 Å². The summed E-state index contributed by atoms with van der Waals surface area (Å²) in [6.07, 6.45) is 8.43. The standard InChI is InChI=1S/C17H24N6/c18-9-12-21-17-20-11-8-16(22-17)23-13-5-1-2-7-15(23)14-6-3-4-10-19-14/h3-4,6,8,10-11,15H,1-2,5,7,9,12-13,18H2,(H,20,21,22). The van der Waals surface area contributed by atoms with Crippen LogP contribution in [0.5, 0.6) is 0 Å². The minimum atomic E-state index is 0.274. The van der Waals surface area contributed by atoms with Gasteiger partial charge in [-0.3, -0.25) is 4.98 Å². The number of hydrogen-bond acceptors (Lipinski definition) is 6. The summed E-state index contributed by atoms with van der Waals surface area (Å²) in [6, 6.07) is 8.38. The molecule has 1 unspecified atom stereocenters. The zero-order chi connectivity index (χ0) is 15.9. The summed E-state index contributed by atoms with van der Waals surface area (Å²) in [5.41, 5.74) is 6.65. The second-order valence-corrected chi connectivity index (χ2v) is 5.77. The number of pyridine rings is 1. The molecule has 0 spiro atoms. The Bertz CT molecular complexity index is 603. The highest BCUT2D eigenvalue weighted by Crippen LogP contribution is 2.32. The predicted octanol–water partition coefficient (Wildman–Crippen LogP) is 2.36. The normalized spacial score (nSPS) is 18.5. The van der Waals surface area contributed by atoms with Gasteiger partial charge < -0.3 is 16.0 Å². The van der Waals surface area contributed by atoms with E-state index in [-0.39, 0.29) is 6.04 Å². The van der Waals surface area contributed by atoms with Crippen molar-refractivity contribution in [3.63, 3.8) is 0 Å². The van der Waals surface area contributed by atoms with E-state index in [1.807, 2.05) is 24.5 Å². The molecule has 122 valence electrons. The lowest BCUT2D eigenvalue weighted by Crippen LogP contribution is -2.30. The van der Waals surface area contributed by atoms with Gasteiger partial charge >= 0.3 is 0 Å². The van der Waals surface area contributed by atoms with Crippen LogP contribution in [0.4, 0.5) is 11.8 Å². The van der Waals surface area contributed by atoms with Crippen LogP contribution in [0.25, 0.3) is 0 Å². The molecule has 2 aromatic rings. The summed E-state index contributed by atoms with van der Waals surface area (Å²) >= 11 is 0. The van der Waals surface area contributed by atoms with Gasteiger partial charge in [0.1, 0.15) is 5.82 Å². The molecule has 0 aliphatic carbocycles. The highest BCUT2D eigenvalue weighted by atomic mass is 15.3. The maximum absolute atomic E-state index is 5.54. The lowest BCUT2D eigenvalue weighted by atomic mass is 10.1. The average molecular weight is 312 g/mol. The molecule has 0 amide bonds. The van der Waals surface area contributed by atoms with Gasteiger partial charge in [0.2, 0.25) is 5.95 Å². The van der Waals surface area contributed by atoms with E-state index in [4.69, 9.17) is 5.73 Å². The highest BCUT2D eigenvalue weighted by Gasteiger charge is 2.25. The third-order valence-corrected chi connectivity index (χ3v) is 4.14. The Labute approximate surface area is 137 Å². The smallest absolute Gasteiger partial charge is 0.224 e. The van der Waals surface area contributed by atoms with Gasteiger partial charge in [0.15, 0.2) is 0 Å². The van der Waals surface area contributed by atoms with Crippen LogP contribution in [0.1, 0.15) is 37.4 Å². The lowest BCUT2D eigenvalue weighted by molar-refractivity contribution is 0.582. The van der Waals surface area contributed by atoms with Crippen LogP contribution < -0.4 is 16.0 Å². The Balaban J connectivity index is 1.87. The van der Waals surface area contributed by atoms with Crippen molar-refractivity contribution in [1.29, 1.82) is 0 Å². The molecule has 1 atom stereocenters. The van der Waals surface area contributed by atoms with E-state index < -0.39 is 0 Å². The molecule has 0 saturated carbocycles. The van der Waals surface area contributed by atoms with E-state index in [0.29, 0.717) is 19.0 Å². The first-order valence-corrected chi connectivity index (χ1v) is 8.33. The maximum atomic E-state index is 5.54. The zero-order valence-electron chi connectivity index (χ0n) is 13.4. The van der Waals surface area contributed by atoms with Crippen LogP contribution in [-0.2, 0) is 0 Å². The minimum absolute atomic E-state index is 0.274. The van der Waals surface area contributed by atoms with E-state index in [9.17, 15) is 0 Å². The van der Waals surface area contributed by atoms with E-state index in [2.05, 4.69) is 37.3 Å². The average Bonchev–Trinajstić information content (AvgIpc) is 2.87. The van der Waals surface area contributed by atoms with Crippen LogP contribution in [0.2, 0.25) is 0 Å². The first-order chi connectivity index (χ1) is 11.4. The van der Waals surface area contributed by atoms with Crippen LogP contribution in [0.15, 0.2) is 36.7 Å². The summed E-state index contributed by atoms with van der Waals surface area (Å²) < 4.78 is 0. The molecule has 6 heteroatoms. The third kappa shape index (κ3) is 3.96. The summed E-state index contributed by atoms with van der Waals surface area (Å²) in [5, 5.41) is 3.15. The van der Waals surface area contributed by atoms with Crippen molar-refractivity contribution < 1.29 is 0 Å². The molecule has 0 radical (unpaired) electrons. The largest absolute Gasteiger partial charge is 0.353 e. The summed E-state index contributed by atoms with van der Waals surface area (Å²) in [6.45, 7) is 2.23. The minimum Gasteiger partial charge on any atom is -0.353 e. The molecule has 1 aliphatic rings. The fourth-order valence-electron chi connectivity index (χ4n) is 3.04. The molecule has 3 rings (SSSR count). The molecule has 3 heterocycles. The molecule has 0 bridgehead atoms. The van der Waals surface area contributed by atoms with E-state index >= 15 is 0 Å². The maximum Gasteiger partial charge on any atom is 0.224 e. The molecule has 1 fully saturated rings. The van der Waals surface area contributed by atoms with Gasteiger partial charge in [-0.15, -0.1) is 0 Å². The number of nitrogens with zero attached hydrogens (tertiary/aromatic N) is 4. The van der Waals surface area contributed by atoms with Crippen molar-refractivity contribution >= 4 is 11.8 Å². The summed E-state index contributed by atoms with van der Waals surface area (Å²) in [7, 11) is 0. The molecular weight excluding hydrogens is 288 g/mol. The molecular formula is C17H24N6. The van der Waals surface area contributed by atoms with Crippen molar-refractivity contribution in [3.8, 4) is 0 Å². The van der Waals surface area contributed by atoms with Crippen molar-refractivity contribution in [2.75, 3.05) is 29.9 Å². The second-order valence-electron chi connectivity index (χ2n) is 5.77. The van der Waals surface area contributed by atoms with E-state index in [0.717, 1.165) is 24.5 Å². The van der Waals surface area contributed by atoms with Crippen LogP contribution >= 0.6 is 0 Å². The Morgan fingerprint density at radius 1 is 1.13 bits per heavy atom. The summed E-state index contributed by atoms with van der Waals surface area (Å²) in [4.78, 5) is 15.9. The van der Waals surface area contributed by atoms with Gasteiger partial charge in [-0.1, -0.05) is 18.9 Å². The number of hydrogen-bond donors (Lipinski definition) is 2. The van der Waals surface area contributed by atoms with Crippen LogP contribution in [0.3, 0.4) is 0 Å². The van der Waals surface area contributed by atoms with Crippen molar-refractivity contribution in [2.24, 2.45) is 5.73 Å². The first-order valence-electron chi connectivity index (χ1n) is 8.33. The number of rotatable bonds is 5. The Morgan fingerprint density at radius 2 is 2.09 bits per heavy atom. The number of aromatic nitrogens is 3. The molecule has 0 aromatic carbocycles. The zero-order valence-corrected chi connectivity index (χ0v) is 13.4. The van der Waals surface area contributed by atoms with Crippen LogP contribution in [0, 0.1) is 0 Å². The fourth-order valence-corrected chi connectivity index (χ4v) is 3.04. The van der Waals surface area contributed by atoms with Gasteiger partial charge in [-0.05, 0) is 31.0 Å². The Hall–Kier alpha value is -2.21. The Morgan fingerprint density at radius 3 is 2.91 bits per heavy atom. The SMILES string of the molecule is NCCNc1nccc(N2CCCCCC2c2ccccn2)n1. The quantitative estimate of drug-likeness (QED) is 0.882. The predicted molar refractivity (Wildman–Crippen MR) is 92.4 cm³/mol. The molecule has 1 saturated heterocycles. The molecule has 3 N–H and O–H groups in total. The topological polar surface area (TPSA) is 80.0 Å². The summed E-state index contributed by atoms with van der Waals surface area (Å²) in [5.74, 6) is 1.59. The number of nitrogens with two attached hydrogens (primary N) is 1. The Kier molecular flexibility index (Phi) is 5.37. The lowest BCUT2D eigenvalue weighted by Gasteiger charge is -2.30. The van der Waals surface area contributed by atoms with Gasteiger partial charge in [0, 0.05) is 32.0 Å². The monoisotopic (exact) mass is 312 g/mol. The first kappa shape index (κ1) is 15.7. The molecule has 2 aromatic heterocycles. The van der Waals surface area contributed by atoms with Crippen molar-refractivity contribution in [1.82, 2.24) is 15.0 Å². The number of anilines is 2. The van der Waals surface area contributed by atoms with Gasteiger partial charge in [0.05, 0.1) is 11.7 Å². The second kappa shape index (κ2) is 7.87. The highest BCUT2D eigenvalue weighted by molar-refractivity contribution is 5.45. The number of nitrogens with one attached hydrogen (secondary N) is 1. The molecule has 1 aliphatic heterocycles. The molecule has 6 nitrogen and oxygen atoms in total. The van der Waals surface area contributed by atoms with Crippen molar-refractivity contribution in [2.45, 2.75) is 31.7 Å². The molecule has 23 heavy (non-hydrogen) atoms.